The van der Waals surface area contributed by atoms with E-state index in [-0.39, 0.29) is 0 Å². The molecule has 12 heavy (non-hydrogen) atoms. The van der Waals surface area contributed by atoms with Gasteiger partial charge in [-0.1, -0.05) is 12.1 Å². The zero-order chi connectivity index (χ0) is 16.5. The van der Waals surface area contributed by atoms with Crippen molar-refractivity contribution in [1.82, 2.24) is 5.31 Å². The van der Waals surface area contributed by atoms with Gasteiger partial charge in [-0.25, -0.2) is 0 Å². The lowest BCUT2D eigenvalue weighted by Crippen LogP contribution is -2.16. The number of aliphatic hydroxyl groups is 1. The third kappa shape index (κ3) is 2.22. The molecule has 0 spiro atoms. The van der Waals surface area contributed by atoms with Gasteiger partial charge >= 0.3 is 0 Å². The maximum atomic E-state index is 7.80. The number of aliphatic hydroxyl groups excluding tert-OH is 1. The summed E-state index contributed by atoms with van der Waals surface area (Å²) < 4.78 is 67.2. The first-order valence-corrected chi connectivity index (χ1v) is 3.19. The van der Waals surface area contributed by atoms with E-state index >= 15 is 0 Å². The highest BCUT2D eigenvalue weighted by atomic mass is 16.3. The predicted octanol–water partition coefficient (Wildman–Crippen LogP) is 0.645. The minimum absolute atomic E-state index is 0.352. The second-order valence-corrected chi connectivity index (χ2v) is 1.98. The van der Waals surface area contributed by atoms with Crippen LogP contribution in [-0.4, -0.2) is 26.6 Å². The number of rotatable bonds is 5. The van der Waals surface area contributed by atoms with Gasteiger partial charge in [-0.15, -0.1) is 0 Å². The molecule has 0 aliphatic carbocycles. The number of benzene rings is 1. The summed E-state index contributed by atoms with van der Waals surface area (Å²) >= 11 is 0. The largest absolute Gasteiger partial charge is 0.508 e. The Morgan fingerprint density at radius 3 is 3.50 bits per heavy atom. The molecule has 0 saturated heterocycles. The third-order valence-corrected chi connectivity index (χ3v) is 1.13. The normalized spacial score (nSPS) is 24.7. The quantitative estimate of drug-likeness (QED) is 0.617. The van der Waals surface area contributed by atoms with Crippen LogP contribution in [0.5, 0.6) is 5.75 Å². The molecule has 1 atom stereocenters. The van der Waals surface area contributed by atoms with E-state index in [0.717, 1.165) is 7.05 Å². The SMILES string of the molecule is [2H]Oc1c([2H])c([2H])c([2H])c([C@@H](O[2H])C([2H])([2H])N([2H])C)c1[2H]. The minimum Gasteiger partial charge on any atom is -0.508 e. The number of phenols is 1. The van der Waals surface area contributed by atoms with Crippen LogP contribution in [0, 0.1) is 0 Å². The standard InChI is InChI=1S/C9H13NO2/c1-10-6-9(12)7-3-2-4-8(11)5-7/h2-5,9-12H,6H2,1H3/t9-/m0/s1/i2D,3D,4D,5D,6D2,12D/hD2. The van der Waals surface area contributed by atoms with Crippen molar-refractivity contribution in [3.8, 4) is 5.75 Å². The van der Waals surface area contributed by atoms with Crippen LogP contribution in [-0.2, 0) is 0 Å². The molecule has 1 aromatic rings. The first-order chi connectivity index (χ1) is 9.61. The molecule has 0 unspecified atom stereocenters. The van der Waals surface area contributed by atoms with Gasteiger partial charge in [0, 0.05) is 9.24 Å². The van der Waals surface area contributed by atoms with Crippen molar-refractivity contribution in [3.63, 3.8) is 0 Å². The molecule has 3 N–H and O–H groups in total. The number of nitrogens with one attached hydrogen (secondary N) is 1. The molecule has 0 aliphatic rings. The summed E-state index contributed by atoms with van der Waals surface area (Å²) in [5.41, 5.74) is -0.530. The van der Waals surface area contributed by atoms with Gasteiger partial charge in [-0.2, -0.15) is 0 Å². The van der Waals surface area contributed by atoms with Crippen LogP contribution >= 0.6 is 0 Å². The molecule has 0 saturated carbocycles. The Labute approximate surface area is 84.5 Å². The zero-order valence-corrected chi connectivity index (χ0v) is 6.34. The maximum Gasteiger partial charge on any atom is 0.293 e. The first kappa shape index (κ1) is 2.72. The molecule has 0 fully saturated rings. The summed E-state index contributed by atoms with van der Waals surface area (Å²) in [7, 11) is 1.06. The molecule has 0 aromatic heterocycles. The molecule has 0 radical (unpaired) electrons. The smallest absolute Gasteiger partial charge is 0.293 e. The number of aromatic hydroxyl groups is 1. The molecule has 1 rings (SSSR count). The Bertz CT molecular complexity index is 537. The molecular weight excluding hydrogens is 154 g/mol. The first-order valence-electron chi connectivity index (χ1n) is 7.45. The molecule has 0 bridgehead atoms. The molecule has 1 aromatic carbocycles. The summed E-state index contributed by atoms with van der Waals surface area (Å²) in [4.78, 5) is 0. The minimum atomic E-state index is -2.58. The number of hydrogen-bond donors (Lipinski definition) is 3. The topological polar surface area (TPSA) is 52.5 Å². The Morgan fingerprint density at radius 2 is 2.83 bits per heavy atom. The van der Waals surface area contributed by atoms with Crippen molar-refractivity contribution in [2.24, 2.45) is 0 Å². The fraction of sp³-hybridized carbons (Fsp3) is 0.333. The molecule has 0 heterocycles. The van der Waals surface area contributed by atoms with Gasteiger partial charge in [0.25, 0.3) is 1.43 Å². The fourth-order valence-corrected chi connectivity index (χ4v) is 0.653. The average molecular weight is 176 g/mol. The summed E-state index contributed by atoms with van der Waals surface area (Å²) in [5, 5.41) is 8.67. The van der Waals surface area contributed by atoms with Gasteiger partial charge in [0.2, 0.25) is 1.43 Å². The van der Waals surface area contributed by atoms with Crippen LogP contribution in [0.15, 0.2) is 24.2 Å². The van der Waals surface area contributed by atoms with Crippen molar-refractivity contribution >= 4 is 0 Å². The van der Waals surface area contributed by atoms with Crippen molar-refractivity contribution in [2.45, 2.75) is 6.10 Å². The van der Waals surface area contributed by atoms with Gasteiger partial charge in [-0.05, 0) is 24.7 Å². The van der Waals surface area contributed by atoms with E-state index in [1.165, 1.54) is 0 Å². The maximum absolute atomic E-state index is 7.80. The monoisotopic (exact) mass is 176 g/mol. The van der Waals surface area contributed by atoms with Crippen molar-refractivity contribution in [1.29, 1.82) is 2.86 Å². The van der Waals surface area contributed by atoms with E-state index in [4.69, 9.17) is 12.5 Å². The molecule has 0 aliphatic heterocycles. The van der Waals surface area contributed by atoms with Gasteiger partial charge in [0.15, 0.2) is 0 Å². The Morgan fingerprint density at radius 1 is 1.92 bits per heavy atom. The van der Waals surface area contributed by atoms with Crippen LogP contribution < -0.4 is 5.31 Å². The highest BCUT2D eigenvalue weighted by Gasteiger charge is 2.05. The van der Waals surface area contributed by atoms with Crippen LogP contribution in [0.4, 0.5) is 0 Å². The number of hydrogen-bond acceptors (Lipinski definition) is 3. The van der Waals surface area contributed by atoms with E-state index in [1.54, 1.807) is 0 Å². The second-order valence-electron chi connectivity index (χ2n) is 1.98. The van der Waals surface area contributed by atoms with Gasteiger partial charge in [0.1, 0.15) is 7.16 Å². The lowest BCUT2D eigenvalue weighted by atomic mass is 10.1. The lowest BCUT2D eigenvalue weighted by Gasteiger charge is -2.09. The molecule has 66 valence electrons. The van der Waals surface area contributed by atoms with Crippen LogP contribution in [0.1, 0.15) is 19.9 Å². The van der Waals surface area contributed by atoms with Crippen LogP contribution in [0.25, 0.3) is 0 Å². The van der Waals surface area contributed by atoms with Crippen molar-refractivity contribution < 1.29 is 19.9 Å². The van der Waals surface area contributed by atoms with E-state index in [2.05, 4.69) is 10.2 Å². The third-order valence-electron chi connectivity index (χ3n) is 1.13. The van der Waals surface area contributed by atoms with Crippen LogP contribution in [0.2, 0.25) is 1.41 Å². The molecule has 3 heteroatoms. The number of likely N-dealkylation sites (N-methyl/N-ethyl adjacent to an activating group) is 1. The summed E-state index contributed by atoms with van der Waals surface area (Å²) in [5.74, 6) is -0.642. The van der Waals surface area contributed by atoms with Gasteiger partial charge in [0.05, 0.1) is 11.6 Å². The number of phenolic OH excluding ortho intramolecular Hbond substituents is 1. The Kier molecular flexibility index (Phi) is 0.926. The Hall–Kier alpha value is -1.06. The highest BCUT2D eigenvalue weighted by Crippen LogP contribution is 2.17. The van der Waals surface area contributed by atoms with Gasteiger partial charge in [-0.3, -0.25) is 0 Å². The molecule has 0 amide bonds. The lowest BCUT2D eigenvalue weighted by molar-refractivity contribution is 0.177. The summed E-state index contributed by atoms with van der Waals surface area (Å²) in [6, 6.07) is -2.73. The van der Waals surface area contributed by atoms with E-state index < -0.39 is 48.1 Å². The van der Waals surface area contributed by atoms with E-state index in [0.29, 0.717) is 5.31 Å². The summed E-state index contributed by atoms with van der Waals surface area (Å²) in [6.45, 7) is -2.58. The molecule has 3 nitrogen and oxygen atoms in total. The van der Waals surface area contributed by atoms with Crippen molar-refractivity contribution in [3.05, 3.63) is 29.7 Å². The zero-order valence-electron chi connectivity index (χ0n) is 15.3. The van der Waals surface area contributed by atoms with E-state index in [9.17, 15) is 0 Å². The Balaban J connectivity index is 3.65. The molecular formula is C9H13NO2. The van der Waals surface area contributed by atoms with Crippen molar-refractivity contribution in [2.75, 3.05) is 13.5 Å². The highest BCUT2D eigenvalue weighted by molar-refractivity contribution is 5.28. The van der Waals surface area contributed by atoms with Gasteiger partial charge < -0.3 is 15.5 Å². The van der Waals surface area contributed by atoms with E-state index in [1.807, 2.05) is 0 Å². The average Bonchev–Trinajstić information content (AvgIpc) is 2.41. The second kappa shape index (κ2) is 4.09. The van der Waals surface area contributed by atoms with Crippen LogP contribution in [0.3, 0.4) is 0 Å². The summed E-state index contributed by atoms with van der Waals surface area (Å²) in [6.07, 6.45) is -1.86. The predicted molar refractivity (Wildman–Crippen MR) is 47.0 cm³/mol. The fourth-order valence-electron chi connectivity index (χ4n) is 0.653.